The summed E-state index contributed by atoms with van der Waals surface area (Å²) in [6.07, 6.45) is 0. The zero-order valence-corrected chi connectivity index (χ0v) is 9.74. The van der Waals surface area contributed by atoms with Crippen LogP contribution in [0.4, 0.5) is 5.69 Å². The molecule has 0 spiro atoms. The molecule has 16 heavy (non-hydrogen) atoms. The van der Waals surface area contributed by atoms with E-state index in [1.54, 1.807) is 0 Å². The summed E-state index contributed by atoms with van der Waals surface area (Å²) in [7, 11) is 0. The molecule has 0 amide bonds. The Kier molecular flexibility index (Phi) is 1.33. The number of anilines is 1. The van der Waals surface area contributed by atoms with Gasteiger partial charge >= 0.3 is 0 Å². The summed E-state index contributed by atoms with van der Waals surface area (Å²) < 4.78 is 46.6. The Bertz CT molecular complexity index is 770. The minimum atomic E-state index is -2.34. The van der Waals surface area contributed by atoms with Crippen LogP contribution in [0, 0.1) is 0 Å². The second kappa shape index (κ2) is 3.63. The second-order valence-electron chi connectivity index (χ2n) is 4.14. The van der Waals surface area contributed by atoms with Crippen molar-refractivity contribution in [1.82, 2.24) is 4.98 Å². The molecule has 84 valence electrons. The number of pyridine rings is 1. The maximum absolute atomic E-state index is 7.95. The molecular weight excluding hydrogens is 220 g/mol. The van der Waals surface area contributed by atoms with Gasteiger partial charge in [-0.1, -0.05) is 32.3 Å². The molecular formula is C13H15ClN2. The lowest BCUT2D eigenvalue weighted by Gasteiger charge is -2.20. The molecule has 1 aromatic heterocycles. The average molecular weight is 241 g/mol. The van der Waals surface area contributed by atoms with Crippen LogP contribution in [0.15, 0.2) is 24.2 Å². The van der Waals surface area contributed by atoms with Crippen LogP contribution in [-0.2, 0) is 5.41 Å². The fourth-order valence-electron chi connectivity index (χ4n) is 1.48. The number of nitrogens with zero attached hydrogens (tertiary/aromatic N) is 1. The van der Waals surface area contributed by atoms with Crippen LogP contribution in [0.25, 0.3) is 10.9 Å². The number of halogens is 1. The molecule has 0 atom stereocenters. The van der Waals surface area contributed by atoms with Crippen LogP contribution < -0.4 is 5.73 Å². The molecule has 1 aromatic carbocycles. The van der Waals surface area contributed by atoms with Crippen LogP contribution in [0.3, 0.4) is 0 Å². The summed E-state index contributed by atoms with van der Waals surface area (Å²) in [6, 6.07) is 0.694. The van der Waals surface area contributed by atoms with Crippen molar-refractivity contribution in [1.29, 1.82) is 0 Å². The lowest BCUT2D eigenvalue weighted by molar-refractivity contribution is 0.574. The van der Waals surface area contributed by atoms with Gasteiger partial charge in [-0.05, 0) is 24.2 Å². The molecule has 0 aliphatic rings. The highest BCUT2D eigenvalue weighted by Gasteiger charge is 2.19. The van der Waals surface area contributed by atoms with Crippen molar-refractivity contribution in [3.05, 3.63) is 34.9 Å². The van der Waals surface area contributed by atoms with Gasteiger partial charge in [0, 0.05) is 19.9 Å². The fraction of sp³-hybridized carbons (Fsp3) is 0.308. The first-order valence-corrected chi connectivity index (χ1v) is 5.13. The molecule has 0 radical (unpaired) electrons. The van der Waals surface area contributed by atoms with Gasteiger partial charge in [0.15, 0.2) is 0 Å². The number of rotatable bonds is 0. The highest BCUT2D eigenvalue weighted by Crippen LogP contribution is 2.29. The van der Waals surface area contributed by atoms with Gasteiger partial charge in [0.05, 0.1) is 21.0 Å². The van der Waals surface area contributed by atoms with E-state index in [4.69, 9.17) is 25.6 Å². The van der Waals surface area contributed by atoms with E-state index in [0.29, 0.717) is 0 Å². The SMILES string of the molecule is [2H]c1c(Cl)c([2H])c2cc(N)c(C(C)(C)C([2H])([2H])[2H])nc2c1[2H]. The average Bonchev–Trinajstić information content (AvgIpc) is 2.41. The number of nitrogen functional groups attached to an aromatic ring is 1. The summed E-state index contributed by atoms with van der Waals surface area (Å²) in [6.45, 7) is 0.643. The van der Waals surface area contributed by atoms with E-state index in [0.717, 1.165) is 0 Å². The third-order valence-corrected chi connectivity index (χ3v) is 2.37. The Morgan fingerprint density at radius 1 is 1.50 bits per heavy atom. The van der Waals surface area contributed by atoms with E-state index in [2.05, 4.69) is 4.98 Å². The van der Waals surface area contributed by atoms with E-state index in [9.17, 15) is 0 Å². The topological polar surface area (TPSA) is 38.9 Å². The van der Waals surface area contributed by atoms with Crippen molar-refractivity contribution < 1.29 is 8.22 Å². The molecule has 0 bridgehead atoms. The maximum Gasteiger partial charge on any atom is 0.0708 e. The highest BCUT2D eigenvalue weighted by atomic mass is 35.5. The first kappa shape index (κ1) is 5.87. The van der Waals surface area contributed by atoms with E-state index < -0.39 is 12.3 Å². The molecule has 1 heterocycles. The minimum Gasteiger partial charge on any atom is -0.397 e. The van der Waals surface area contributed by atoms with Gasteiger partial charge in [0.1, 0.15) is 0 Å². The number of nitrogens with two attached hydrogens (primary N) is 1. The van der Waals surface area contributed by atoms with Gasteiger partial charge in [0.25, 0.3) is 0 Å². The monoisotopic (exact) mass is 240 g/mol. The Morgan fingerprint density at radius 2 is 2.25 bits per heavy atom. The van der Waals surface area contributed by atoms with Gasteiger partial charge in [-0.15, -0.1) is 0 Å². The third-order valence-electron chi connectivity index (χ3n) is 2.18. The van der Waals surface area contributed by atoms with E-state index >= 15 is 0 Å². The molecule has 2 rings (SSSR count). The minimum absolute atomic E-state index is 0.0564. The quantitative estimate of drug-likeness (QED) is 0.762. The smallest absolute Gasteiger partial charge is 0.0708 e. The normalized spacial score (nSPS) is 18.2. The van der Waals surface area contributed by atoms with E-state index in [1.807, 2.05) is 0 Å². The van der Waals surface area contributed by atoms with Crippen molar-refractivity contribution in [2.75, 3.05) is 5.73 Å². The molecule has 0 fully saturated rings. The Hall–Kier alpha value is -1.28. The zero-order valence-electron chi connectivity index (χ0n) is 15.0. The Morgan fingerprint density at radius 3 is 2.94 bits per heavy atom. The van der Waals surface area contributed by atoms with Crippen LogP contribution in [0.5, 0.6) is 0 Å². The predicted molar refractivity (Wildman–Crippen MR) is 69.9 cm³/mol. The lowest BCUT2D eigenvalue weighted by Crippen LogP contribution is -2.16. The zero-order chi connectivity index (χ0) is 17.0. The predicted octanol–water partition coefficient (Wildman–Crippen LogP) is 3.77. The van der Waals surface area contributed by atoms with Crippen LogP contribution in [0.1, 0.15) is 34.6 Å². The van der Waals surface area contributed by atoms with Crippen molar-refractivity contribution in [3.63, 3.8) is 0 Å². The molecule has 2 aromatic rings. The molecule has 2 nitrogen and oxygen atoms in total. The third kappa shape index (κ3) is 1.98. The van der Waals surface area contributed by atoms with Crippen molar-refractivity contribution in [2.45, 2.75) is 26.1 Å². The second-order valence-corrected chi connectivity index (χ2v) is 4.51. The summed E-state index contributed by atoms with van der Waals surface area (Å²) >= 11 is 5.86. The standard InChI is InChI=1S/C13H15ClN2/c1-13(2,3)12-10(15)7-8-6-9(14)4-5-11(8)16-12/h4-7H,15H2,1-3H3/i1D3,4D,5D,6D. The highest BCUT2D eigenvalue weighted by molar-refractivity contribution is 6.31. The first-order chi connectivity index (χ1) is 9.89. The molecule has 0 aliphatic carbocycles. The number of aromatic nitrogens is 1. The molecule has 0 aliphatic heterocycles. The summed E-state index contributed by atoms with van der Waals surface area (Å²) in [5.41, 5.74) is 4.90. The van der Waals surface area contributed by atoms with Gasteiger partial charge in [0.2, 0.25) is 0 Å². The van der Waals surface area contributed by atoms with Gasteiger partial charge < -0.3 is 5.73 Å². The van der Waals surface area contributed by atoms with Gasteiger partial charge in [-0.2, -0.15) is 0 Å². The number of hydrogen-bond donors (Lipinski definition) is 1. The Balaban J connectivity index is 2.90. The van der Waals surface area contributed by atoms with Gasteiger partial charge in [-0.25, -0.2) is 0 Å². The maximum atomic E-state index is 7.95. The summed E-state index contributed by atoms with van der Waals surface area (Å²) in [5, 5.41) is 0.0788. The fourth-order valence-corrected chi connectivity index (χ4v) is 1.63. The van der Waals surface area contributed by atoms with Crippen LogP contribution >= 0.6 is 11.6 Å². The number of benzene rings is 1. The molecule has 0 saturated carbocycles. The van der Waals surface area contributed by atoms with E-state index in [1.165, 1.54) is 19.9 Å². The van der Waals surface area contributed by atoms with Crippen molar-refractivity contribution >= 4 is 28.2 Å². The molecule has 0 unspecified atom stereocenters. The largest absolute Gasteiger partial charge is 0.397 e. The van der Waals surface area contributed by atoms with Crippen LogP contribution in [-0.4, -0.2) is 4.98 Å². The molecule has 2 N–H and O–H groups in total. The summed E-state index contributed by atoms with van der Waals surface area (Å²) in [4.78, 5) is 4.20. The summed E-state index contributed by atoms with van der Waals surface area (Å²) in [5.74, 6) is 0. The first-order valence-electron chi connectivity index (χ1n) is 7.75. The molecule has 0 saturated heterocycles. The van der Waals surface area contributed by atoms with E-state index in [-0.39, 0.29) is 45.4 Å². The van der Waals surface area contributed by atoms with Crippen LogP contribution in [0.2, 0.25) is 5.02 Å². The van der Waals surface area contributed by atoms with Crippen molar-refractivity contribution in [2.24, 2.45) is 0 Å². The molecule has 3 heteroatoms. The Labute approximate surface area is 109 Å². The van der Waals surface area contributed by atoms with Crippen molar-refractivity contribution in [3.8, 4) is 0 Å². The number of fused-ring (bicyclic) bond motifs is 1. The van der Waals surface area contributed by atoms with Gasteiger partial charge in [-0.3, -0.25) is 4.98 Å². The number of hydrogen-bond acceptors (Lipinski definition) is 2. The lowest BCUT2D eigenvalue weighted by atomic mass is 9.90.